The van der Waals surface area contributed by atoms with Crippen molar-refractivity contribution in [2.45, 2.75) is 6.54 Å². The molecule has 4 N–H and O–H groups in total. The van der Waals surface area contributed by atoms with Gasteiger partial charge in [0.2, 0.25) is 0 Å². The van der Waals surface area contributed by atoms with Gasteiger partial charge in [-0.1, -0.05) is 36.4 Å². The minimum Gasteiger partial charge on any atom is -0.396 e. The molecule has 2 heterocycles. The zero-order chi connectivity index (χ0) is 21.3. The van der Waals surface area contributed by atoms with Gasteiger partial charge < -0.3 is 16.4 Å². The lowest BCUT2D eigenvalue weighted by atomic mass is 10.1. The Kier molecular flexibility index (Phi) is 7.08. The number of nitrogens with zero attached hydrogens (tertiary/aromatic N) is 2. The lowest BCUT2D eigenvalue weighted by Crippen LogP contribution is -2.05. The molecule has 0 fully saturated rings. The van der Waals surface area contributed by atoms with Crippen molar-refractivity contribution in [3.05, 3.63) is 84.1 Å². The molecule has 0 radical (unpaired) electrons. The molecule has 0 bridgehead atoms. The number of aldehydes is 1. The summed E-state index contributed by atoms with van der Waals surface area (Å²) in [5, 5.41) is 7.16. The average Bonchev–Trinajstić information content (AvgIpc) is 2.79. The third kappa shape index (κ3) is 5.18. The Hall–Kier alpha value is -3.77. The van der Waals surface area contributed by atoms with Gasteiger partial charge in [0.05, 0.1) is 16.9 Å². The zero-order valence-electron chi connectivity index (χ0n) is 17.1. The SMILES string of the molecule is CNC.Nc1ccc(-c2ccc(C=O)cc2)nc1NCc1ccc2ncccc2c1. The van der Waals surface area contributed by atoms with Crippen LogP contribution in [0.5, 0.6) is 0 Å². The molecule has 0 unspecified atom stereocenters. The number of nitrogens with two attached hydrogens (primary N) is 1. The molecule has 4 rings (SSSR count). The van der Waals surface area contributed by atoms with Crippen LogP contribution in [0, 0.1) is 0 Å². The first-order chi connectivity index (χ1) is 14.6. The van der Waals surface area contributed by atoms with E-state index in [9.17, 15) is 4.79 Å². The maximum atomic E-state index is 10.8. The van der Waals surface area contributed by atoms with Gasteiger partial charge in [-0.25, -0.2) is 4.98 Å². The first-order valence-electron chi connectivity index (χ1n) is 9.62. The largest absolute Gasteiger partial charge is 0.396 e. The molecule has 2 aromatic carbocycles. The summed E-state index contributed by atoms with van der Waals surface area (Å²) >= 11 is 0. The molecule has 152 valence electrons. The van der Waals surface area contributed by atoms with Crippen molar-refractivity contribution < 1.29 is 4.79 Å². The fourth-order valence-electron chi connectivity index (χ4n) is 2.93. The standard InChI is InChI=1S/C22H18N4O.C2H7N/c23-19-8-10-21(17-6-3-15(14-27)4-7-17)26-22(19)25-13-16-5-9-20-18(12-16)2-1-11-24-20;1-3-2/h1-12,14H,13,23H2,(H,25,26);3H,1-2H3. The number of nitrogen functional groups attached to an aromatic ring is 1. The van der Waals surface area contributed by atoms with Crippen LogP contribution in [-0.2, 0) is 6.54 Å². The summed E-state index contributed by atoms with van der Waals surface area (Å²) in [7, 11) is 3.75. The maximum absolute atomic E-state index is 10.8. The molecule has 0 amide bonds. The molecule has 2 aromatic heterocycles. The highest BCUT2D eigenvalue weighted by Crippen LogP contribution is 2.24. The second-order valence-corrected chi connectivity index (χ2v) is 6.76. The van der Waals surface area contributed by atoms with Crippen molar-refractivity contribution in [1.82, 2.24) is 15.3 Å². The lowest BCUT2D eigenvalue weighted by Gasteiger charge is -2.11. The monoisotopic (exact) mass is 399 g/mol. The number of aromatic nitrogens is 2. The molecule has 0 spiro atoms. The third-order valence-electron chi connectivity index (χ3n) is 4.40. The Morgan fingerprint density at radius 3 is 2.50 bits per heavy atom. The molecular weight excluding hydrogens is 374 g/mol. The van der Waals surface area contributed by atoms with Crippen LogP contribution in [0.2, 0.25) is 0 Å². The second-order valence-electron chi connectivity index (χ2n) is 6.76. The number of carbonyl (C=O) groups excluding carboxylic acids is 1. The van der Waals surface area contributed by atoms with Gasteiger partial charge in [0, 0.05) is 29.3 Å². The smallest absolute Gasteiger partial charge is 0.150 e. The quantitative estimate of drug-likeness (QED) is 0.437. The van der Waals surface area contributed by atoms with E-state index in [2.05, 4.69) is 26.7 Å². The van der Waals surface area contributed by atoms with Crippen molar-refractivity contribution in [2.75, 3.05) is 25.1 Å². The molecule has 0 aliphatic heterocycles. The lowest BCUT2D eigenvalue weighted by molar-refractivity contribution is 0.112. The zero-order valence-corrected chi connectivity index (χ0v) is 17.1. The summed E-state index contributed by atoms with van der Waals surface area (Å²) in [6, 6.07) is 21.1. The number of pyridine rings is 2. The Morgan fingerprint density at radius 1 is 1.00 bits per heavy atom. The van der Waals surface area contributed by atoms with Crippen LogP contribution in [-0.4, -0.2) is 30.3 Å². The van der Waals surface area contributed by atoms with Crippen molar-refractivity contribution in [3.8, 4) is 11.3 Å². The predicted octanol–water partition coefficient (Wildman–Crippen LogP) is 4.14. The minimum atomic E-state index is 0.589. The molecule has 0 saturated heterocycles. The number of fused-ring (bicyclic) bond motifs is 1. The highest BCUT2D eigenvalue weighted by molar-refractivity contribution is 5.79. The molecule has 4 aromatic rings. The van der Waals surface area contributed by atoms with Crippen LogP contribution >= 0.6 is 0 Å². The normalized spacial score (nSPS) is 10.2. The number of nitrogens with one attached hydrogen (secondary N) is 2. The third-order valence-corrected chi connectivity index (χ3v) is 4.40. The van der Waals surface area contributed by atoms with E-state index in [1.165, 1.54) is 0 Å². The summed E-state index contributed by atoms with van der Waals surface area (Å²) in [6.07, 6.45) is 2.62. The summed E-state index contributed by atoms with van der Waals surface area (Å²) < 4.78 is 0. The number of rotatable bonds is 5. The first-order valence-corrected chi connectivity index (χ1v) is 9.62. The number of hydrogen-bond acceptors (Lipinski definition) is 6. The fourth-order valence-corrected chi connectivity index (χ4v) is 2.93. The van der Waals surface area contributed by atoms with E-state index in [1.54, 1.807) is 18.3 Å². The van der Waals surface area contributed by atoms with E-state index in [-0.39, 0.29) is 0 Å². The first kappa shape index (κ1) is 21.0. The Bertz CT molecular complexity index is 1130. The molecular formula is C24H25N5O. The summed E-state index contributed by atoms with van der Waals surface area (Å²) in [4.78, 5) is 19.8. The molecule has 0 atom stereocenters. The van der Waals surface area contributed by atoms with Gasteiger partial charge in [0.15, 0.2) is 0 Å². The number of benzene rings is 2. The number of anilines is 2. The van der Waals surface area contributed by atoms with Crippen molar-refractivity contribution in [3.63, 3.8) is 0 Å². The maximum Gasteiger partial charge on any atom is 0.150 e. The predicted molar refractivity (Wildman–Crippen MR) is 124 cm³/mol. The highest BCUT2D eigenvalue weighted by atomic mass is 16.1. The van der Waals surface area contributed by atoms with Gasteiger partial charge in [-0.05, 0) is 50.0 Å². The van der Waals surface area contributed by atoms with E-state index < -0.39 is 0 Å². The Morgan fingerprint density at radius 2 is 1.77 bits per heavy atom. The highest BCUT2D eigenvalue weighted by Gasteiger charge is 2.06. The summed E-state index contributed by atoms with van der Waals surface area (Å²) in [6.45, 7) is 0.607. The van der Waals surface area contributed by atoms with Crippen LogP contribution < -0.4 is 16.4 Å². The van der Waals surface area contributed by atoms with Gasteiger partial charge in [0.1, 0.15) is 12.1 Å². The van der Waals surface area contributed by atoms with Gasteiger partial charge in [-0.2, -0.15) is 0 Å². The van der Waals surface area contributed by atoms with Crippen LogP contribution in [0.15, 0.2) is 72.9 Å². The molecule has 6 heteroatoms. The van der Waals surface area contributed by atoms with Crippen molar-refractivity contribution in [1.29, 1.82) is 0 Å². The molecule has 30 heavy (non-hydrogen) atoms. The second kappa shape index (κ2) is 10.1. The molecule has 0 aliphatic carbocycles. The Labute approximate surface area is 176 Å². The van der Waals surface area contributed by atoms with E-state index in [1.807, 2.05) is 62.6 Å². The van der Waals surface area contributed by atoms with E-state index in [0.717, 1.165) is 34.0 Å². The van der Waals surface area contributed by atoms with Crippen LogP contribution in [0.3, 0.4) is 0 Å². The Balaban J connectivity index is 0.000000806. The van der Waals surface area contributed by atoms with Gasteiger partial charge in [0.25, 0.3) is 0 Å². The van der Waals surface area contributed by atoms with Crippen LogP contribution in [0.1, 0.15) is 15.9 Å². The van der Waals surface area contributed by atoms with Crippen LogP contribution in [0.4, 0.5) is 11.5 Å². The molecule has 0 aliphatic rings. The van der Waals surface area contributed by atoms with Gasteiger partial charge in [-0.15, -0.1) is 0 Å². The fraction of sp³-hybridized carbons (Fsp3) is 0.125. The van der Waals surface area contributed by atoms with Crippen molar-refractivity contribution >= 4 is 28.7 Å². The summed E-state index contributed by atoms with van der Waals surface area (Å²) in [5.41, 5.74) is 11.1. The van der Waals surface area contributed by atoms with E-state index >= 15 is 0 Å². The van der Waals surface area contributed by atoms with E-state index in [0.29, 0.717) is 23.6 Å². The minimum absolute atomic E-state index is 0.589. The number of hydrogen-bond donors (Lipinski definition) is 3. The van der Waals surface area contributed by atoms with Crippen LogP contribution in [0.25, 0.3) is 22.2 Å². The van der Waals surface area contributed by atoms with E-state index in [4.69, 9.17) is 5.73 Å². The molecule has 0 saturated carbocycles. The van der Waals surface area contributed by atoms with Gasteiger partial charge in [-0.3, -0.25) is 9.78 Å². The molecule has 6 nitrogen and oxygen atoms in total. The summed E-state index contributed by atoms with van der Waals surface area (Å²) in [5.74, 6) is 0.637. The number of carbonyl (C=O) groups is 1. The topological polar surface area (TPSA) is 92.9 Å². The van der Waals surface area contributed by atoms with Gasteiger partial charge >= 0.3 is 0 Å². The van der Waals surface area contributed by atoms with Crippen molar-refractivity contribution in [2.24, 2.45) is 0 Å². The average molecular weight is 399 g/mol.